The van der Waals surface area contributed by atoms with Gasteiger partial charge < -0.3 is 9.84 Å². The van der Waals surface area contributed by atoms with Crippen molar-refractivity contribution in [2.75, 3.05) is 13.1 Å². The summed E-state index contributed by atoms with van der Waals surface area (Å²) in [5.74, 6) is 0.237. The predicted octanol–water partition coefficient (Wildman–Crippen LogP) is 3.08. The lowest BCUT2D eigenvalue weighted by Gasteiger charge is -2.35. The largest absolute Gasteiger partial charge is 0.488 e. The summed E-state index contributed by atoms with van der Waals surface area (Å²) < 4.78 is 7.04. The number of likely N-dealkylation sites (tertiary alicyclic amines) is 1. The van der Waals surface area contributed by atoms with Gasteiger partial charge in [0.2, 0.25) is 0 Å². The molecule has 1 aromatic carbocycles. The Morgan fingerprint density at radius 3 is 3.10 bits per heavy atom. The van der Waals surface area contributed by atoms with Gasteiger partial charge in [-0.05, 0) is 49.6 Å². The van der Waals surface area contributed by atoms with Crippen LogP contribution in [-0.2, 0) is 11.2 Å². The zero-order valence-corrected chi connectivity index (χ0v) is 13.7. The minimum absolute atomic E-state index is 0.0534. The molecule has 0 spiro atoms. The van der Waals surface area contributed by atoms with Crippen LogP contribution < -0.4 is 4.74 Å². The van der Waals surface area contributed by atoms with Crippen LogP contribution in [0.4, 0.5) is 0 Å². The van der Waals surface area contributed by atoms with E-state index >= 15 is 0 Å². The highest BCUT2D eigenvalue weighted by molar-refractivity contribution is 9.10. The first-order valence-electron chi connectivity index (χ1n) is 7.48. The van der Waals surface area contributed by atoms with Crippen LogP contribution in [0, 0.1) is 0 Å². The Labute approximate surface area is 133 Å². The van der Waals surface area contributed by atoms with Gasteiger partial charge in [-0.3, -0.25) is 9.69 Å². The summed E-state index contributed by atoms with van der Waals surface area (Å²) >= 11 is 3.48. The maximum absolute atomic E-state index is 11.7. The van der Waals surface area contributed by atoms with Crippen LogP contribution in [0.2, 0.25) is 0 Å². The minimum atomic E-state index is -0.696. The predicted molar refractivity (Wildman–Crippen MR) is 83.7 cm³/mol. The number of benzene rings is 1. The third-order valence-corrected chi connectivity index (χ3v) is 5.29. The van der Waals surface area contributed by atoms with Gasteiger partial charge in [0.25, 0.3) is 0 Å². The number of carboxylic acids is 1. The number of aliphatic carboxylic acids is 1. The van der Waals surface area contributed by atoms with Gasteiger partial charge in [-0.25, -0.2) is 0 Å². The molecule has 3 rings (SSSR count). The molecular weight excluding hydrogens is 334 g/mol. The van der Waals surface area contributed by atoms with Crippen molar-refractivity contribution in [3.05, 3.63) is 28.2 Å². The molecule has 2 aliphatic rings. The average molecular weight is 354 g/mol. The van der Waals surface area contributed by atoms with Crippen LogP contribution in [0.5, 0.6) is 5.75 Å². The number of nitrogens with zero attached hydrogens (tertiary/aromatic N) is 1. The van der Waals surface area contributed by atoms with Crippen molar-refractivity contribution in [3.63, 3.8) is 0 Å². The third-order valence-electron chi connectivity index (χ3n) is 4.79. The molecule has 2 unspecified atom stereocenters. The van der Waals surface area contributed by atoms with Crippen molar-refractivity contribution in [1.29, 1.82) is 0 Å². The molecule has 4 nitrogen and oxygen atoms in total. The Morgan fingerprint density at radius 1 is 1.57 bits per heavy atom. The molecule has 2 aliphatic heterocycles. The SMILES string of the molecule is CCC1(C(=O)O)CCCN1CC1Cc2cc(Br)ccc2O1. The van der Waals surface area contributed by atoms with E-state index in [0.717, 1.165) is 36.0 Å². The van der Waals surface area contributed by atoms with Gasteiger partial charge in [0.15, 0.2) is 0 Å². The molecule has 1 fully saturated rings. The number of fused-ring (bicyclic) bond motifs is 1. The normalized spacial score (nSPS) is 28.4. The second-order valence-electron chi connectivity index (χ2n) is 5.94. The summed E-state index contributed by atoms with van der Waals surface area (Å²) in [6, 6.07) is 6.04. The van der Waals surface area contributed by atoms with E-state index < -0.39 is 11.5 Å². The van der Waals surface area contributed by atoms with Gasteiger partial charge in [0.05, 0.1) is 0 Å². The third kappa shape index (κ3) is 2.57. The Hall–Kier alpha value is -1.07. The van der Waals surface area contributed by atoms with Crippen LogP contribution in [0.1, 0.15) is 31.7 Å². The van der Waals surface area contributed by atoms with Crippen LogP contribution in [0.15, 0.2) is 22.7 Å². The fraction of sp³-hybridized carbons (Fsp3) is 0.562. The van der Waals surface area contributed by atoms with Gasteiger partial charge in [-0.1, -0.05) is 22.9 Å². The lowest BCUT2D eigenvalue weighted by atomic mass is 9.92. The lowest BCUT2D eigenvalue weighted by molar-refractivity contribution is -0.150. The Bertz CT molecular complexity index is 562. The highest BCUT2D eigenvalue weighted by Gasteiger charge is 2.47. The maximum atomic E-state index is 11.7. The molecular formula is C16H20BrNO3. The number of carbonyl (C=O) groups is 1. The smallest absolute Gasteiger partial charge is 0.324 e. The van der Waals surface area contributed by atoms with Gasteiger partial charge >= 0.3 is 5.97 Å². The van der Waals surface area contributed by atoms with E-state index in [2.05, 4.69) is 26.9 Å². The fourth-order valence-corrected chi connectivity index (χ4v) is 4.04. The Kier molecular flexibility index (Phi) is 3.97. The first kappa shape index (κ1) is 14.9. The van der Waals surface area contributed by atoms with Crippen molar-refractivity contribution in [2.24, 2.45) is 0 Å². The highest BCUT2D eigenvalue weighted by Crippen LogP contribution is 2.36. The van der Waals surface area contributed by atoms with E-state index in [0.29, 0.717) is 13.0 Å². The quantitative estimate of drug-likeness (QED) is 0.903. The van der Waals surface area contributed by atoms with E-state index in [1.165, 1.54) is 5.56 Å². The average Bonchev–Trinajstić information content (AvgIpc) is 3.02. The molecule has 21 heavy (non-hydrogen) atoms. The number of halogens is 1. The van der Waals surface area contributed by atoms with Crippen molar-refractivity contribution in [3.8, 4) is 5.75 Å². The summed E-state index contributed by atoms with van der Waals surface area (Å²) in [5.41, 5.74) is 0.504. The summed E-state index contributed by atoms with van der Waals surface area (Å²) in [6.07, 6.45) is 3.24. The van der Waals surface area contributed by atoms with E-state index in [1.54, 1.807) is 0 Å². The first-order valence-corrected chi connectivity index (χ1v) is 8.28. The van der Waals surface area contributed by atoms with Crippen molar-refractivity contribution >= 4 is 21.9 Å². The van der Waals surface area contributed by atoms with E-state index in [4.69, 9.17) is 4.74 Å². The molecule has 5 heteroatoms. The van der Waals surface area contributed by atoms with Gasteiger partial charge in [0.1, 0.15) is 17.4 Å². The second kappa shape index (κ2) is 5.61. The minimum Gasteiger partial charge on any atom is -0.488 e. The standard InChI is InChI=1S/C16H20BrNO3/c1-2-16(15(19)20)6-3-7-18(16)10-13-9-11-8-12(17)4-5-14(11)21-13/h4-5,8,13H,2-3,6-7,9-10H2,1H3,(H,19,20). The number of carboxylic acid groups (broad SMARTS) is 1. The Balaban J connectivity index is 1.72. The maximum Gasteiger partial charge on any atom is 0.324 e. The molecule has 1 aromatic rings. The number of hydrogen-bond acceptors (Lipinski definition) is 3. The summed E-state index contributed by atoms with van der Waals surface area (Å²) in [7, 11) is 0. The molecule has 1 saturated heterocycles. The number of rotatable bonds is 4. The molecule has 0 aromatic heterocycles. The van der Waals surface area contributed by atoms with E-state index in [1.807, 2.05) is 19.1 Å². The van der Waals surface area contributed by atoms with Crippen LogP contribution >= 0.6 is 15.9 Å². The van der Waals surface area contributed by atoms with Crippen LogP contribution in [-0.4, -0.2) is 40.7 Å². The molecule has 2 atom stereocenters. The summed E-state index contributed by atoms with van der Waals surface area (Å²) in [5, 5.41) is 9.63. The van der Waals surface area contributed by atoms with Crippen molar-refractivity contribution in [1.82, 2.24) is 4.90 Å². The summed E-state index contributed by atoms with van der Waals surface area (Å²) in [4.78, 5) is 13.8. The number of ether oxygens (including phenoxy) is 1. The Morgan fingerprint density at radius 2 is 2.38 bits per heavy atom. The fourth-order valence-electron chi connectivity index (χ4n) is 3.63. The van der Waals surface area contributed by atoms with Crippen molar-refractivity contribution in [2.45, 2.75) is 44.2 Å². The topological polar surface area (TPSA) is 49.8 Å². The molecule has 1 N–H and O–H groups in total. The molecule has 2 heterocycles. The lowest BCUT2D eigenvalue weighted by Crippen LogP contribution is -2.52. The van der Waals surface area contributed by atoms with Gasteiger partial charge in [-0.15, -0.1) is 0 Å². The molecule has 0 aliphatic carbocycles. The van der Waals surface area contributed by atoms with Crippen molar-refractivity contribution < 1.29 is 14.6 Å². The second-order valence-corrected chi connectivity index (χ2v) is 6.85. The molecule has 0 amide bonds. The number of hydrogen-bond donors (Lipinski definition) is 1. The zero-order valence-electron chi connectivity index (χ0n) is 12.1. The molecule has 0 radical (unpaired) electrons. The summed E-state index contributed by atoms with van der Waals surface area (Å²) in [6.45, 7) is 3.50. The van der Waals surface area contributed by atoms with Crippen LogP contribution in [0.25, 0.3) is 0 Å². The molecule has 0 saturated carbocycles. The van der Waals surface area contributed by atoms with E-state index in [9.17, 15) is 9.90 Å². The van der Waals surface area contributed by atoms with E-state index in [-0.39, 0.29) is 6.10 Å². The first-order chi connectivity index (χ1) is 10.0. The monoisotopic (exact) mass is 353 g/mol. The van der Waals surface area contributed by atoms with Crippen LogP contribution in [0.3, 0.4) is 0 Å². The van der Waals surface area contributed by atoms with Gasteiger partial charge in [-0.2, -0.15) is 0 Å². The molecule has 0 bridgehead atoms. The zero-order chi connectivity index (χ0) is 15.0. The molecule has 114 valence electrons. The van der Waals surface area contributed by atoms with Gasteiger partial charge in [0, 0.05) is 17.4 Å². The highest BCUT2D eigenvalue weighted by atomic mass is 79.9.